The largest absolute Gasteiger partial charge is 0.467 e. The van der Waals surface area contributed by atoms with E-state index in [1.807, 2.05) is 27.7 Å². The molecule has 0 N–H and O–H groups in total. The molecule has 5 unspecified atom stereocenters. The first-order valence-electron chi connectivity index (χ1n) is 18.7. The molecule has 2 aliphatic rings. The normalized spacial score (nSPS) is 28.9. The van der Waals surface area contributed by atoms with Crippen LogP contribution in [0.4, 0.5) is 0 Å². The number of hydrogen-bond donors (Lipinski definition) is 0. The molecule has 0 amide bonds. The Bertz CT molecular complexity index is 1210. The van der Waals surface area contributed by atoms with Gasteiger partial charge in [0, 0.05) is 38.4 Å². The van der Waals surface area contributed by atoms with Crippen molar-refractivity contribution in [3.63, 3.8) is 0 Å². The molecule has 1 aromatic carbocycles. The van der Waals surface area contributed by atoms with Gasteiger partial charge in [0.05, 0.1) is 18.8 Å². The summed E-state index contributed by atoms with van der Waals surface area (Å²) in [6, 6.07) is 7.50. The number of rotatable bonds is 24. The molecule has 3 rings (SSSR count). The Morgan fingerprint density at radius 3 is 1.83 bits per heavy atom. The highest BCUT2D eigenvalue weighted by Gasteiger charge is 2.55. The first-order valence-corrected chi connectivity index (χ1v) is 18.7. The fraction of sp³-hybridized carbons (Fsp3) is 0.784. The van der Waals surface area contributed by atoms with Crippen LogP contribution in [0.2, 0.25) is 0 Å². The Morgan fingerprint density at radius 1 is 0.731 bits per heavy atom. The number of hydrogen-bond acceptors (Lipinski definition) is 13. The number of nitrogens with zero attached hydrogens (tertiary/aromatic N) is 3. The first-order chi connectivity index (χ1) is 25.4. The molecule has 0 aromatic heterocycles. The fourth-order valence-electron chi connectivity index (χ4n) is 5.96. The molecule has 294 valence electrons. The summed E-state index contributed by atoms with van der Waals surface area (Å²) in [6.07, 6.45) is -2.69. The molecule has 0 saturated carbocycles. The van der Waals surface area contributed by atoms with Crippen LogP contribution in [0, 0.1) is 0 Å². The summed E-state index contributed by atoms with van der Waals surface area (Å²) in [5, 5.41) is 4.11. The van der Waals surface area contributed by atoms with Crippen molar-refractivity contribution < 1.29 is 57.0 Å². The van der Waals surface area contributed by atoms with Crippen LogP contribution in [0.1, 0.15) is 89.4 Å². The maximum absolute atomic E-state index is 13.3. The van der Waals surface area contributed by atoms with Gasteiger partial charge < -0.3 is 47.4 Å². The average Bonchev–Trinajstić information content (AvgIpc) is 3.16. The highest BCUT2D eigenvalue weighted by Crippen LogP contribution is 2.35. The Balaban J connectivity index is 2.07. The quantitative estimate of drug-likeness (QED) is 0.0403. The number of carbonyl (C=O) groups is 2. The van der Waals surface area contributed by atoms with Crippen molar-refractivity contribution in [3.8, 4) is 0 Å². The van der Waals surface area contributed by atoms with Gasteiger partial charge in [-0.25, -0.2) is 9.59 Å². The van der Waals surface area contributed by atoms with Gasteiger partial charge in [-0.3, -0.25) is 0 Å². The van der Waals surface area contributed by atoms with Gasteiger partial charge in [0.25, 0.3) is 0 Å². The van der Waals surface area contributed by atoms with Crippen LogP contribution in [-0.4, -0.2) is 121 Å². The lowest BCUT2D eigenvalue weighted by atomic mass is 9.95. The van der Waals surface area contributed by atoms with Crippen molar-refractivity contribution >= 4 is 11.9 Å². The van der Waals surface area contributed by atoms with Crippen LogP contribution >= 0.6 is 0 Å². The first kappa shape index (κ1) is 43.6. The minimum atomic E-state index is -1.34. The molecule has 0 aliphatic carbocycles. The number of unbranched alkanes of at least 4 members (excludes halogenated alkanes) is 4. The smallest absolute Gasteiger partial charge is 0.338 e. The van der Waals surface area contributed by atoms with E-state index in [0.29, 0.717) is 32.0 Å². The van der Waals surface area contributed by atoms with Crippen LogP contribution in [0.5, 0.6) is 0 Å². The van der Waals surface area contributed by atoms with Gasteiger partial charge in [-0.1, -0.05) is 76.7 Å². The molecule has 2 fully saturated rings. The van der Waals surface area contributed by atoms with E-state index >= 15 is 0 Å². The van der Waals surface area contributed by atoms with Crippen molar-refractivity contribution in [3.05, 3.63) is 46.3 Å². The molecule has 0 spiro atoms. The summed E-state index contributed by atoms with van der Waals surface area (Å²) in [6.45, 7) is 9.33. The molecule has 2 saturated heterocycles. The monoisotopic (exact) mass is 737 g/mol. The average molecular weight is 738 g/mol. The summed E-state index contributed by atoms with van der Waals surface area (Å²) >= 11 is 0. The van der Waals surface area contributed by atoms with Gasteiger partial charge in [0.2, 0.25) is 0 Å². The third-order valence-electron chi connectivity index (χ3n) is 8.87. The summed E-state index contributed by atoms with van der Waals surface area (Å²) < 4.78 is 61.4. The highest BCUT2D eigenvalue weighted by molar-refractivity contribution is 5.89. The Kier molecular flexibility index (Phi) is 20.5. The summed E-state index contributed by atoms with van der Waals surface area (Å²) in [4.78, 5) is 29.6. The van der Waals surface area contributed by atoms with E-state index in [-0.39, 0.29) is 6.61 Å². The van der Waals surface area contributed by atoms with Crippen LogP contribution in [0.15, 0.2) is 35.4 Å². The van der Waals surface area contributed by atoms with Gasteiger partial charge in [0.15, 0.2) is 18.7 Å². The van der Waals surface area contributed by atoms with Gasteiger partial charge in [-0.15, -0.1) is 0 Å². The van der Waals surface area contributed by atoms with E-state index in [1.165, 1.54) is 14.2 Å². The standard InChI is InChI=1S/C37H59N3O12/c1-7-11-20-45-28-26(24-49-34(41)25-18-16-15-17-19-25)50-36(27(39-40-38)29(28)46-21-12-8-2)51-31-30(47-22-13-9-3)33(48-23-14-10-4)37(44-6)52-32(31)35(42)43-5/h15-19,26-33,36-37H,7-14,20-24H2,1-6H3/t26?,27?,28-,29-,30?,31+,32?,33?,36+,37-/m1/s1. The maximum atomic E-state index is 13.3. The van der Waals surface area contributed by atoms with Gasteiger partial charge in [0.1, 0.15) is 43.2 Å². The Labute approximate surface area is 307 Å². The van der Waals surface area contributed by atoms with Gasteiger partial charge in [-0.2, -0.15) is 0 Å². The highest BCUT2D eigenvalue weighted by atomic mass is 16.8. The van der Waals surface area contributed by atoms with E-state index in [2.05, 4.69) is 10.0 Å². The van der Waals surface area contributed by atoms with E-state index in [1.54, 1.807) is 30.3 Å². The van der Waals surface area contributed by atoms with Crippen LogP contribution in [-0.2, 0) is 52.2 Å². The van der Waals surface area contributed by atoms with Gasteiger partial charge >= 0.3 is 11.9 Å². The van der Waals surface area contributed by atoms with E-state index in [9.17, 15) is 15.1 Å². The Morgan fingerprint density at radius 2 is 1.29 bits per heavy atom. The SMILES string of the molecule is CCCCOC1C(OCCCC)[C@H](O[C@@H]2OC(COC(=O)c3ccccc3)[C@@H](OCCCC)[C@H](OCCCC)C2N=[N+]=[N-])C(C(=O)OC)O[C@H]1OC. The molecular formula is C37H59N3O12. The van der Waals surface area contributed by atoms with Crippen molar-refractivity contribution in [1.29, 1.82) is 0 Å². The van der Waals surface area contributed by atoms with Crippen molar-refractivity contribution in [2.24, 2.45) is 5.11 Å². The predicted molar refractivity (Wildman–Crippen MR) is 189 cm³/mol. The summed E-state index contributed by atoms with van der Waals surface area (Å²) in [5.41, 5.74) is 10.2. The van der Waals surface area contributed by atoms with Crippen molar-refractivity contribution in [1.82, 2.24) is 0 Å². The zero-order chi connectivity index (χ0) is 37.7. The number of benzene rings is 1. The molecule has 2 aliphatic heterocycles. The lowest BCUT2D eigenvalue weighted by molar-refractivity contribution is -0.348. The van der Waals surface area contributed by atoms with Crippen molar-refractivity contribution in [2.75, 3.05) is 47.3 Å². The molecule has 2 heterocycles. The van der Waals surface area contributed by atoms with Crippen LogP contribution < -0.4 is 0 Å². The summed E-state index contributed by atoms with van der Waals surface area (Å²) in [5.74, 6) is -1.28. The minimum absolute atomic E-state index is 0.229. The number of methoxy groups -OCH3 is 2. The number of esters is 2. The second-order valence-electron chi connectivity index (χ2n) is 12.7. The van der Waals surface area contributed by atoms with Crippen molar-refractivity contribution in [2.45, 2.75) is 140 Å². The third kappa shape index (κ3) is 12.6. The second-order valence-corrected chi connectivity index (χ2v) is 12.7. The van der Waals surface area contributed by atoms with E-state index < -0.39 is 73.3 Å². The third-order valence-corrected chi connectivity index (χ3v) is 8.87. The molecule has 1 aromatic rings. The lowest BCUT2D eigenvalue weighted by Crippen LogP contribution is -2.66. The fourth-order valence-corrected chi connectivity index (χ4v) is 5.96. The molecule has 52 heavy (non-hydrogen) atoms. The lowest BCUT2D eigenvalue weighted by Gasteiger charge is -2.49. The Hall–Kier alpha value is -2.85. The molecular weight excluding hydrogens is 678 g/mol. The number of azide groups is 1. The van der Waals surface area contributed by atoms with E-state index in [4.69, 9.17) is 47.4 Å². The maximum Gasteiger partial charge on any atom is 0.338 e. The number of ether oxygens (including phenoxy) is 10. The minimum Gasteiger partial charge on any atom is -0.467 e. The topological polar surface area (TPSA) is 175 Å². The van der Waals surface area contributed by atoms with Gasteiger partial charge in [-0.05, 0) is 43.3 Å². The second kappa shape index (κ2) is 24.5. The summed E-state index contributed by atoms with van der Waals surface area (Å²) in [7, 11) is 2.70. The predicted octanol–water partition coefficient (Wildman–Crippen LogP) is 5.92. The zero-order valence-corrected chi connectivity index (χ0v) is 31.6. The van der Waals surface area contributed by atoms with E-state index in [0.717, 1.165) is 51.4 Å². The van der Waals surface area contributed by atoms with Crippen LogP contribution in [0.3, 0.4) is 0 Å². The molecule has 15 heteroatoms. The molecule has 10 atom stereocenters. The zero-order valence-electron chi connectivity index (χ0n) is 31.6. The molecule has 0 bridgehead atoms. The molecule has 15 nitrogen and oxygen atoms in total. The molecule has 0 radical (unpaired) electrons. The number of carbonyl (C=O) groups excluding carboxylic acids is 2. The van der Waals surface area contributed by atoms with Crippen LogP contribution in [0.25, 0.3) is 10.4 Å².